The van der Waals surface area contributed by atoms with Gasteiger partial charge in [0.15, 0.2) is 9.84 Å². The molecule has 4 heteroatoms. The highest BCUT2D eigenvalue weighted by Crippen LogP contribution is 2.26. The molecule has 94 valence electrons. The normalized spacial score (nSPS) is 11.4. The summed E-state index contributed by atoms with van der Waals surface area (Å²) in [7, 11) is -3.17. The quantitative estimate of drug-likeness (QED) is 0.905. The second-order valence-electron chi connectivity index (χ2n) is 4.35. The second-order valence-corrected chi connectivity index (χ2v) is 6.37. The van der Waals surface area contributed by atoms with Gasteiger partial charge in [-0.15, -0.1) is 0 Å². The lowest BCUT2D eigenvalue weighted by molar-refractivity contribution is 0.475. The van der Waals surface area contributed by atoms with Gasteiger partial charge in [-0.25, -0.2) is 8.42 Å². The molecule has 0 radical (unpaired) electrons. The van der Waals surface area contributed by atoms with Crippen LogP contribution in [0.4, 0.5) is 0 Å². The summed E-state index contributed by atoms with van der Waals surface area (Å²) in [5, 5.41) is 9.54. The van der Waals surface area contributed by atoms with Crippen LogP contribution in [0.5, 0.6) is 5.75 Å². The molecule has 0 aromatic heterocycles. The Morgan fingerprint density at radius 1 is 0.944 bits per heavy atom. The second kappa shape index (κ2) is 4.46. The summed E-state index contributed by atoms with van der Waals surface area (Å²) in [5.74, 6) is 0.206. The van der Waals surface area contributed by atoms with Crippen LogP contribution in [-0.2, 0) is 9.84 Å². The smallest absolute Gasteiger partial charge is 0.175 e. The van der Waals surface area contributed by atoms with E-state index in [0.717, 1.165) is 16.7 Å². The van der Waals surface area contributed by atoms with Gasteiger partial charge in [0.05, 0.1) is 4.90 Å². The van der Waals surface area contributed by atoms with E-state index in [2.05, 4.69) is 0 Å². The molecule has 0 aliphatic rings. The van der Waals surface area contributed by atoms with Gasteiger partial charge >= 0.3 is 0 Å². The molecular weight excluding hydrogens is 248 g/mol. The maximum Gasteiger partial charge on any atom is 0.175 e. The van der Waals surface area contributed by atoms with Crippen molar-refractivity contribution in [1.29, 1.82) is 0 Å². The SMILES string of the molecule is Cc1cc(O)cc(-c2ccc(S(C)(=O)=O)cc2)c1. The number of sulfone groups is 1. The lowest BCUT2D eigenvalue weighted by Crippen LogP contribution is -1.96. The minimum Gasteiger partial charge on any atom is -0.508 e. The van der Waals surface area contributed by atoms with Crippen molar-refractivity contribution in [2.75, 3.05) is 6.26 Å². The molecule has 0 atom stereocenters. The van der Waals surface area contributed by atoms with Crippen molar-refractivity contribution in [3.63, 3.8) is 0 Å². The van der Waals surface area contributed by atoms with Crippen LogP contribution in [0.1, 0.15) is 5.56 Å². The Bertz CT molecular complexity index is 650. The van der Waals surface area contributed by atoms with Gasteiger partial charge in [0.2, 0.25) is 0 Å². The van der Waals surface area contributed by atoms with Crippen LogP contribution in [0.15, 0.2) is 47.4 Å². The maximum absolute atomic E-state index is 11.3. The van der Waals surface area contributed by atoms with E-state index in [-0.39, 0.29) is 5.75 Å². The monoisotopic (exact) mass is 262 g/mol. The van der Waals surface area contributed by atoms with Crippen molar-refractivity contribution in [3.8, 4) is 16.9 Å². The van der Waals surface area contributed by atoms with Crippen LogP contribution >= 0.6 is 0 Å². The molecule has 0 amide bonds. The predicted octanol–water partition coefficient (Wildman–Crippen LogP) is 2.77. The molecule has 3 nitrogen and oxygen atoms in total. The summed E-state index contributed by atoms with van der Waals surface area (Å²) in [6, 6.07) is 11.9. The van der Waals surface area contributed by atoms with E-state index in [0.29, 0.717) is 4.90 Å². The first kappa shape index (κ1) is 12.6. The van der Waals surface area contributed by atoms with Crippen molar-refractivity contribution in [2.45, 2.75) is 11.8 Å². The van der Waals surface area contributed by atoms with Gasteiger partial charge in [-0.1, -0.05) is 18.2 Å². The zero-order chi connectivity index (χ0) is 13.3. The van der Waals surface area contributed by atoms with E-state index in [4.69, 9.17) is 0 Å². The van der Waals surface area contributed by atoms with Gasteiger partial charge < -0.3 is 5.11 Å². The Kier molecular flexibility index (Phi) is 3.13. The number of aromatic hydroxyl groups is 1. The van der Waals surface area contributed by atoms with Gasteiger partial charge in [-0.05, 0) is 47.9 Å². The number of hydrogen-bond donors (Lipinski definition) is 1. The maximum atomic E-state index is 11.3. The summed E-state index contributed by atoms with van der Waals surface area (Å²) in [4.78, 5) is 0.295. The third-order valence-corrected chi connectivity index (χ3v) is 3.81. The van der Waals surface area contributed by atoms with E-state index < -0.39 is 9.84 Å². The van der Waals surface area contributed by atoms with E-state index in [1.807, 2.05) is 13.0 Å². The van der Waals surface area contributed by atoms with Gasteiger partial charge in [-0.3, -0.25) is 0 Å². The Balaban J connectivity index is 2.46. The number of hydrogen-bond acceptors (Lipinski definition) is 3. The van der Waals surface area contributed by atoms with Gasteiger partial charge in [0.25, 0.3) is 0 Å². The van der Waals surface area contributed by atoms with Crippen molar-refractivity contribution in [3.05, 3.63) is 48.0 Å². The first-order valence-corrected chi connectivity index (χ1v) is 7.36. The Labute approximate surface area is 107 Å². The number of rotatable bonds is 2. The third kappa shape index (κ3) is 2.71. The van der Waals surface area contributed by atoms with E-state index >= 15 is 0 Å². The van der Waals surface area contributed by atoms with E-state index in [1.54, 1.807) is 36.4 Å². The van der Waals surface area contributed by atoms with E-state index in [9.17, 15) is 13.5 Å². The molecule has 0 saturated heterocycles. The summed E-state index contributed by atoms with van der Waals surface area (Å²) >= 11 is 0. The minimum absolute atomic E-state index is 0.206. The van der Waals surface area contributed by atoms with Crippen LogP contribution in [0.2, 0.25) is 0 Å². The third-order valence-electron chi connectivity index (χ3n) is 2.68. The highest BCUT2D eigenvalue weighted by atomic mass is 32.2. The average Bonchev–Trinajstić information content (AvgIpc) is 2.27. The van der Waals surface area contributed by atoms with Crippen molar-refractivity contribution in [2.24, 2.45) is 0 Å². The molecule has 0 spiro atoms. The fraction of sp³-hybridized carbons (Fsp3) is 0.143. The fourth-order valence-electron chi connectivity index (χ4n) is 1.82. The number of phenolic OH excluding ortho intramolecular Hbond substituents is 1. The molecule has 1 N–H and O–H groups in total. The molecule has 2 aromatic rings. The molecule has 0 fully saturated rings. The topological polar surface area (TPSA) is 54.4 Å². The number of phenols is 1. The minimum atomic E-state index is -3.17. The van der Waals surface area contributed by atoms with Crippen molar-refractivity contribution in [1.82, 2.24) is 0 Å². The molecule has 0 bridgehead atoms. The zero-order valence-corrected chi connectivity index (χ0v) is 11.0. The highest BCUT2D eigenvalue weighted by Gasteiger charge is 2.07. The molecule has 0 saturated carbocycles. The lowest BCUT2D eigenvalue weighted by atomic mass is 10.0. The zero-order valence-electron chi connectivity index (χ0n) is 10.2. The molecule has 0 heterocycles. The average molecular weight is 262 g/mol. The predicted molar refractivity (Wildman–Crippen MR) is 71.4 cm³/mol. The lowest BCUT2D eigenvalue weighted by Gasteiger charge is -2.05. The molecule has 2 aromatic carbocycles. The fourth-order valence-corrected chi connectivity index (χ4v) is 2.45. The summed E-state index contributed by atoms with van der Waals surface area (Å²) in [6.45, 7) is 1.90. The van der Waals surface area contributed by atoms with Crippen LogP contribution in [0, 0.1) is 6.92 Å². The molecule has 0 aliphatic heterocycles. The van der Waals surface area contributed by atoms with E-state index in [1.165, 1.54) is 6.26 Å². The molecule has 0 aliphatic carbocycles. The molecule has 0 unspecified atom stereocenters. The standard InChI is InChI=1S/C14H14O3S/c1-10-7-12(9-13(15)8-10)11-3-5-14(6-4-11)18(2,16)17/h3-9,15H,1-2H3. The first-order valence-electron chi connectivity index (χ1n) is 5.47. The Hall–Kier alpha value is -1.81. The first-order chi connectivity index (χ1) is 8.36. The molecular formula is C14H14O3S. The number of benzene rings is 2. The Morgan fingerprint density at radius 2 is 1.56 bits per heavy atom. The van der Waals surface area contributed by atoms with Crippen LogP contribution in [0.25, 0.3) is 11.1 Å². The van der Waals surface area contributed by atoms with Crippen LogP contribution in [0.3, 0.4) is 0 Å². The van der Waals surface area contributed by atoms with Gasteiger partial charge in [-0.2, -0.15) is 0 Å². The summed E-state index contributed by atoms with van der Waals surface area (Å²) in [6.07, 6.45) is 1.18. The summed E-state index contributed by atoms with van der Waals surface area (Å²) in [5.41, 5.74) is 2.70. The largest absolute Gasteiger partial charge is 0.508 e. The molecule has 18 heavy (non-hydrogen) atoms. The van der Waals surface area contributed by atoms with Gasteiger partial charge in [0.1, 0.15) is 5.75 Å². The van der Waals surface area contributed by atoms with Gasteiger partial charge in [0, 0.05) is 6.26 Å². The van der Waals surface area contributed by atoms with Crippen molar-refractivity contribution >= 4 is 9.84 Å². The number of aryl methyl sites for hydroxylation is 1. The Morgan fingerprint density at radius 3 is 2.06 bits per heavy atom. The van der Waals surface area contributed by atoms with Crippen LogP contribution < -0.4 is 0 Å². The van der Waals surface area contributed by atoms with Crippen LogP contribution in [-0.4, -0.2) is 19.8 Å². The highest BCUT2D eigenvalue weighted by molar-refractivity contribution is 7.90. The van der Waals surface area contributed by atoms with Crippen molar-refractivity contribution < 1.29 is 13.5 Å². The summed E-state index contributed by atoms with van der Waals surface area (Å²) < 4.78 is 22.7. The molecule has 2 rings (SSSR count).